The Morgan fingerprint density at radius 3 is 2.78 bits per heavy atom. The normalized spacial score (nSPS) is 14.0. The molecule has 3 nitrogen and oxygen atoms in total. The van der Waals surface area contributed by atoms with E-state index in [9.17, 15) is 4.57 Å². The van der Waals surface area contributed by atoms with Gasteiger partial charge in [-0.15, -0.1) is 0 Å². The van der Waals surface area contributed by atoms with Gasteiger partial charge in [-0.05, 0) is 12.5 Å². The van der Waals surface area contributed by atoms with Crippen molar-refractivity contribution in [2.24, 2.45) is 0 Å². The van der Waals surface area contributed by atoms with Crippen molar-refractivity contribution in [1.29, 1.82) is 0 Å². The fraction of sp³-hybridized carbons (Fsp3) is 0.600. The molecule has 0 saturated carbocycles. The molecular formula is C5H11O3P. The monoisotopic (exact) mass is 150 g/mol. The molecule has 0 fully saturated rings. The smallest absolute Gasteiger partial charge is 0.366 e. The lowest BCUT2D eigenvalue weighted by Crippen LogP contribution is -1.68. The second kappa shape index (κ2) is 5.86. The van der Waals surface area contributed by atoms with E-state index in [0.29, 0.717) is 0 Å². The molecule has 0 heterocycles. The molecule has 0 spiro atoms. The molecule has 0 amide bonds. The van der Waals surface area contributed by atoms with Crippen LogP contribution in [-0.4, -0.2) is 7.11 Å². The lowest BCUT2D eigenvalue weighted by molar-refractivity contribution is 0.326. The molecule has 1 atom stereocenters. The minimum atomic E-state index is -2.24. The molecule has 0 radical (unpaired) electrons. The van der Waals surface area contributed by atoms with Crippen LogP contribution in [0.15, 0.2) is 12.3 Å². The largest absolute Gasteiger partial charge is 0.435 e. The zero-order valence-corrected chi connectivity index (χ0v) is 6.59. The molecule has 0 N–H and O–H groups in total. The van der Waals surface area contributed by atoms with Crippen molar-refractivity contribution in [1.82, 2.24) is 0 Å². The van der Waals surface area contributed by atoms with Gasteiger partial charge in [-0.3, -0.25) is 0 Å². The Labute approximate surface area is 55.6 Å². The standard InChI is InChI=1S/C5H11O3P/c1-3-4-5-8-9(6)7-2/h4-5,9H,3H2,1-2H3/b5-4+. The van der Waals surface area contributed by atoms with Crippen LogP contribution in [0.3, 0.4) is 0 Å². The Balaban J connectivity index is 3.26. The molecule has 0 rings (SSSR count). The third kappa shape index (κ3) is 5.60. The van der Waals surface area contributed by atoms with E-state index >= 15 is 0 Å². The van der Waals surface area contributed by atoms with Gasteiger partial charge in [0.15, 0.2) is 0 Å². The lowest BCUT2D eigenvalue weighted by atomic mass is 10.5. The van der Waals surface area contributed by atoms with Crippen LogP contribution < -0.4 is 0 Å². The summed E-state index contributed by atoms with van der Waals surface area (Å²) in [5.74, 6) is 0. The van der Waals surface area contributed by atoms with Crippen LogP contribution in [0.4, 0.5) is 0 Å². The molecule has 0 aliphatic rings. The van der Waals surface area contributed by atoms with Crippen molar-refractivity contribution in [3.05, 3.63) is 12.3 Å². The summed E-state index contributed by atoms with van der Waals surface area (Å²) in [5, 5.41) is 0. The maximum atomic E-state index is 10.4. The maximum Gasteiger partial charge on any atom is 0.366 e. The van der Waals surface area contributed by atoms with Gasteiger partial charge in [0, 0.05) is 7.11 Å². The maximum absolute atomic E-state index is 10.4. The average Bonchev–Trinajstić information content (AvgIpc) is 1.89. The van der Waals surface area contributed by atoms with E-state index in [1.807, 2.05) is 6.92 Å². The average molecular weight is 150 g/mol. The lowest BCUT2D eigenvalue weighted by Gasteiger charge is -1.94. The third-order valence-corrected chi connectivity index (χ3v) is 1.32. The fourth-order valence-electron chi connectivity index (χ4n) is 0.248. The SMILES string of the molecule is CC/C=C/O[PH](=O)OC. The Bertz CT molecular complexity index is 111. The number of hydrogen-bond donors (Lipinski definition) is 0. The number of hydrogen-bond acceptors (Lipinski definition) is 3. The molecule has 1 unspecified atom stereocenters. The minimum absolute atomic E-state index is 0.874. The van der Waals surface area contributed by atoms with Crippen LogP contribution in [0.5, 0.6) is 0 Å². The molecule has 0 saturated heterocycles. The molecule has 0 aliphatic heterocycles. The van der Waals surface area contributed by atoms with Gasteiger partial charge in [0.25, 0.3) is 0 Å². The van der Waals surface area contributed by atoms with Gasteiger partial charge >= 0.3 is 8.25 Å². The summed E-state index contributed by atoms with van der Waals surface area (Å²) >= 11 is 0. The topological polar surface area (TPSA) is 35.5 Å². The van der Waals surface area contributed by atoms with Crippen LogP contribution in [-0.2, 0) is 13.6 Å². The van der Waals surface area contributed by atoms with Crippen molar-refractivity contribution in [2.45, 2.75) is 13.3 Å². The van der Waals surface area contributed by atoms with Gasteiger partial charge in [0.1, 0.15) is 0 Å². The van der Waals surface area contributed by atoms with Gasteiger partial charge in [0.05, 0.1) is 6.26 Å². The Morgan fingerprint density at radius 2 is 2.33 bits per heavy atom. The number of rotatable bonds is 4. The summed E-state index contributed by atoms with van der Waals surface area (Å²) in [6, 6.07) is 0. The first-order valence-electron chi connectivity index (χ1n) is 2.71. The van der Waals surface area contributed by atoms with Crippen LogP contribution in [0.2, 0.25) is 0 Å². The third-order valence-electron chi connectivity index (χ3n) is 0.663. The van der Waals surface area contributed by atoms with Gasteiger partial charge in [0.2, 0.25) is 0 Å². The zero-order valence-electron chi connectivity index (χ0n) is 5.59. The highest BCUT2D eigenvalue weighted by atomic mass is 31.1. The van der Waals surface area contributed by atoms with E-state index in [2.05, 4.69) is 9.05 Å². The highest BCUT2D eigenvalue weighted by Gasteiger charge is 1.87. The van der Waals surface area contributed by atoms with Crippen molar-refractivity contribution in [3.8, 4) is 0 Å². The molecule has 4 heteroatoms. The Morgan fingerprint density at radius 1 is 1.67 bits per heavy atom. The quantitative estimate of drug-likeness (QED) is 0.454. The van der Waals surface area contributed by atoms with Crippen molar-refractivity contribution in [3.63, 3.8) is 0 Å². The van der Waals surface area contributed by atoms with Crippen molar-refractivity contribution < 1.29 is 13.6 Å². The first-order valence-corrected chi connectivity index (χ1v) is 3.93. The first kappa shape index (κ1) is 8.73. The van der Waals surface area contributed by atoms with Crippen LogP contribution >= 0.6 is 8.25 Å². The van der Waals surface area contributed by atoms with Gasteiger partial charge in [-0.1, -0.05) is 6.92 Å². The predicted molar refractivity (Wildman–Crippen MR) is 36.5 cm³/mol. The van der Waals surface area contributed by atoms with E-state index < -0.39 is 8.25 Å². The van der Waals surface area contributed by atoms with E-state index in [-0.39, 0.29) is 0 Å². The molecule has 0 aromatic heterocycles. The fourth-order valence-corrected chi connectivity index (χ4v) is 0.552. The zero-order chi connectivity index (χ0) is 7.11. The Kier molecular flexibility index (Phi) is 5.68. The molecule has 0 aromatic carbocycles. The highest BCUT2D eigenvalue weighted by Crippen LogP contribution is 2.21. The molecule has 0 aromatic rings. The second-order valence-electron chi connectivity index (χ2n) is 1.35. The minimum Gasteiger partial charge on any atom is -0.435 e. The summed E-state index contributed by atoms with van der Waals surface area (Å²) in [4.78, 5) is 0. The van der Waals surface area contributed by atoms with Crippen molar-refractivity contribution in [2.75, 3.05) is 7.11 Å². The van der Waals surface area contributed by atoms with E-state index in [0.717, 1.165) is 6.42 Å². The van der Waals surface area contributed by atoms with Crippen LogP contribution in [0.1, 0.15) is 13.3 Å². The summed E-state index contributed by atoms with van der Waals surface area (Å²) < 4.78 is 19.3. The predicted octanol–water partition coefficient (Wildman–Crippen LogP) is 1.96. The molecule has 0 bridgehead atoms. The first-order chi connectivity index (χ1) is 4.31. The van der Waals surface area contributed by atoms with Gasteiger partial charge in [-0.25, -0.2) is 4.57 Å². The van der Waals surface area contributed by atoms with Crippen LogP contribution in [0.25, 0.3) is 0 Å². The summed E-state index contributed by atoms with van der Waals surface area (Å²) in [6.07, 6.45) is 4.03. The van der Waals surface area contributed by atoms with E-state index in [1.54, 1.807) is 6.08 Å². The second-order valence-corrected chi connectivity index (χ2v) is 2.50. The molecule has 0 aliphatic carbocycles. The van der Waals surface area contributed by atoms with E-state index in [4.69, 9.17) is 0 Å². The summed E-state index contributed by atoms with van der Waals surface area (Å²) in [5.41, 5.74) is 0. The molecular weight excluding hydrogens is 139 g/mol. The van der Waals surface area contributed by atoms with Gasteiger partial charge < -0.3 is 9.05 Å². The molecule has 9 heavy (non-hydrogen) atoms. The summed E-state index contributed by atoms with van der Waals surface area (Å²) in [6.45, 7) is 1.96. The number of allylic oxidation sites excluding steroid dienone is 1. The van der Waals surface area contributed by atoms with E-state index in [1.165, 1.54) is 13.4 Å². The highest BCUT2D eigenvalue weighted by molar-refractivity contribution is 7.33. The van der Waals surface area contributed by atoms with Crippen molar-refractivity contribution >= 4 is 8.25 Å². The van der Waals surface area contributed by atoms with Crippen LogP contribution in [0, 0.1) is 0 Å². The Hall–Kier alpha value is -0.270. The molecule has 54 valence electrons. The van der Waals surface area contributed by atoms with Gasteiger partial charge in [-0.2, -0.15) is 0 Å². The summed E-state index contributed by atoms with van der Waals surface area (Å²) in [7, 11) is -0.890.